The molecule has 4 aromatic rings. The molecule has 43 heavy (non-hydrogen) atoms. The summed E-state index contributed by atoms with van der Waals surface area (Å²) < 4.78 is 5.51. The monoisotopic (exact) mass is 572 g/mol. The summed E-state index contributed by atoms with van der Waals surface area (Å²) in [4.78, 5) is 56.0. The van der Waals surface area contributed by atoms with Crippen molar-refractivity contribution in [2.75, 3.05) is 11.9 Å². The number of unbranched alkanes of at least 4 members (excludes halogenated alkanes) is 1. The van der Waals surface area contributed by atoms with Gasteiger partial charge >= 0.3 is 5.97 Å². The summed E-state index contributed by atoms with van der Waals surface area (Å²) in [5.41, 5.74) is 4.92. The molecule has 0 spiro atoms. The zero-order valence-electron chi connectivity index (χ0n) is 23.9. The van der Waals surface area contributed by atoms with E-state index < -0.39 is 36.4 Å². The molecule has 7 heteroatoms. The number of fused-ring (bicyclic) bond motifs is 1. The number of hydrogen-bond acceptors (Lipinski definition) is 5. The molecule has 4 aliphatic rings. The van der Waals surface area contributed by atoms with Crippen LogP contribution < -0.4 is 5.32 Å². The third kappa shape index (κ3) is 4.33. The first kappa shape index (κ1) is 27.1. The number of ether oxygens (including phenoxy) is 1. The van der Waals surface area contributed by atoms with Gasteiger partial charge in [-0.15, -0.1) is 0 Å². The van der Waals surface area contributed by atoms with Crippen molar-refractivity contribution in [3.8, 4) is 0 Å². The van der Waals surface area contributed by atoms with Crippen LogP contribution in [0.1, 0.15) is 60.3 Å². The highest BCUT2D eigenvalue weighted by Crippen LogP contribution is 2.61. The number of carbonyl (C=O) groups excluding carboxylic acids is 4. The Balaban J connectivity index is 1.14. The third-order valence-corrected chi connectivity index (χ3v) is 9.31. The van der Waals surface area contributed by atoms with Gasteiger partial charge in [-0.25, -0.2) is 4.79 Å². The number of carbonyl (C=O) groups is 4. The van der Waals surface area contributed by atoms with Crippen LogP contribution in [-0.2, 0) is 23.9 Å². The second-order valence-electron chi connectivity index (χ2n) is 11.7. The van der Waals surface area contributed by atoms with Crippen molar-refractivity contribution in [2.45, 2.75) is 44.1 Å². The van der Waals surface area contributed by atoms with Crippen LogP contribution in [0.25, 0.3) is 10.8 Å². The van der Waals surface area contributed by atoms with Crippen LogP contribution in [0, 0.1) is 11.8 Å². The Labute approximate surface area is 249 Å². The number of likely N-dealkylation sites (tertiary alicyclic amines) is 1. The Morgan fingerprint density at radius 2 is 1.30 bits per heavy atom. The lowest BCUT2D eigenvalue weighted by Crippen LogP contribution is -2.47. The van der Waals surface area contributed by atoms with Crippen LogP contribution in [0.15, 0.2) is 91.0 Å². The van der Waals surface area contributed by atoms with Crippen LogP contribution in [0.3, 0.4) is 0 Å². The fraction of sp³-hybridized carbons (Fsp3) is 0.278. The number of benzene rings is 4. The Kier molecular flexibility index (Phi) is 6.80. The van der Waals surface area contributed by atoms with E-state index in [1.165, 1.54) is 4.90 Å². The molecule has 2 bridgehead atoms. The largest absolute Gasteiger partial charge is 0.454 e. The summed E-state index contributed by atoms with van der Waals surface area (Å²) >= 11 is 0. The van der Waals surface area contributed by atoms with Gasteiger partial charge in [0.15, 0.2) is 6.61 Å². The molecule has 1 N–H and O–H groups in total. The van der Waals surface area contributed by atoms with E-state index in [-0.39, 0.29) is 30.1 Å². The van der Waals surface area contributed by atoms with Crippen molar-refractivity contribution >= 4 is 40.2 Å². The maximum atomic E-state index is 14.2. The van der Waals surface area contributed by atoms with Gasteiger partial charge < -0.3 is 10.1 Å². The summed E-state index contributed by atoms with van der Waals surface area (Å²) in [6, 6.07) is 28.3. The molecule has 1 heterocycles. The van der Waals surface area contributed by atoms with Crippen molar-refractivity contribution in [3.63, 3.8) is 0 Å². The highest BCUT2D eigenvalue weighted by molar-refractivity contribution is 6.10. The lowest BCUT2D eigenvalue weighted by Gasteiger charge is -2.45. The Morgan fingerprint density at radius 1 is 0.767 bits per heavy atom. The number of nitrogens with one attached hydrogen (secondary N) is 1. The van der Waals surface area contributed by atoms with Gasteiger partial charge in [0.25, 0.3) is 5.91 Å². The molecule has 3 atom stereocenters. The molecule has 1 aliphatic heterocycles. The second kappa shape index (κ2) is 10.8. The zero-order valence-corrected chi connectivity index (χ0v) is 23.9. The van der Waals surface area contributed by atoms with Crippen LogP contribution in [-0.4, -0.2) is 41.2 Å². The van der Waals surface area contributed by atoms with Crippen LogP contribution >= 0.6 is 0 Å². The minimum absolute atomic E-state index is 0.252. The summed E-state index contributed by atoms with van der Waals surface area (Å²) in [7, 11) is 0. The van der Waals surface area contributed by atoms with Gasteiger partial charge in [-0.05, 0) is 40.1 Å². The number of esters is 1. The van der Waals surface area contributed by atoms with Gasteiger partial charge in [0.05, 0.1) is 11.8 Å². The maximum absolute atomic E-state index is 14.2. The molecule has 4 aromatic carbocycles. The molecule has 1 saturated heterocycles. The molecular formula is C36H32N2O5. The molecular weight excluding hydrogens is 540 g/mol. The first-order valence-electron chi connectivity index (χ1n) is 15.0. The van der Waals surface area contributed by atoms with Crippen molar-refractivity contribution in [3.05, 3.63) is 113 Å². The van der Waals surface area contributed by atoms with Gasteiger partial charge in [0, 0.05) is 22.9 Å². The Hall–Kier alpha value is -4.78. The molecule has 1 fully saturated rings. The standard InChI is InChI=1S/C36H32N2O5/c1-2-3-19-28(36(42)43-20-29(39)37-27-18-10-12-21-11-4-5-13-22(21)27)38-34(40)32-30-23-14-6-7-15-24(23)31(33(32)35(38)41)26-17-9-8-16-25(26)30/h4-18,28,30-33H,2-3,19-20H2,1H3,(H,37,39)/t28-,30?,31?,32-,33+/m0/s1. The van der Waals surface area contributed by atoms with E-state index in [4.69, 9.17) is 4.74 Å². The van der Waals surface area contributed by atoms with E-state index in [1.54, 1.807) is 6.07 Å². The third-order valence-electron chi connectivity index (χ3n) is 9.31. The number of anilines is 1. The van der Waals surface area contributed by atoms with E-state index >= 15 is 0 Å². The first-order chi connectivity index (χ1) is 21.0. The summed E-state index contributed by atoms with van der Waals surface area (Å²) in [5, 5.41) is 4.67. The van der Waals surface area contributed by atoms with Gasteiger partial charge in [0.2, 0.25) is 11.8 Å². The van der Waals surface area contributed by atoms with Crippen molar-refractivity contribution < 1.29 is 23.9 Å². The zero-order chi connectivity index (χ0) is 29.7. The van der Waals surface area contributed by atoms with Gasteiger partial charge in [0.1, 0.15) is 6.04 Å². The molecule has 0 saturated carbocycles. The minimum atomic E-state index is -1.08. The number of rotatable bonds is 8. The van der Waals surface area contributed by atoms with E-state index in [0.717, 1.165) is 39.4 Å². The highest BCUT2D eigenvalue weighted by Gasteiger charge is 2.63. The van der Waals surface area contributed by atoms with Gasteiger partial charge in [-0.3, -0.25) is 19.3 Å². The Morgan fingerprint density at radius 3 is 1.88 bits per heavy atom. The minimum Gasteiger partial charge on any atom is -0.454 e. The predicted octanol–water partition coefficient (Wildman–Crippen LogP) is 5.77. The molecule has 0 aromatic heterocycles. The number of nitrogens with zero attached hydrogens (tertiary/aromatic N) is 1. The molecule has 8 rings (SSSR count). The molecule has 0 unspecified atom stereocenters. The van der Waals surface area contributed by atoms with E-state index in [1.807, 2.05) is 67.6 Å². The van der Waals surface area contributed by atoms with Gasteiger partial charge in [-0.2, -0.15) is 0 Å². The maximum Gasteiger partial charge on any atom is 0.329 e. The second-order valence-corrected chi connectivity index (χ2v) is 11.7. The summed E-state index contributed by atoms with van der Waals surface area (Å²) in [6.45, 7) is 1.47. The van der Waals surface area contributed by atoms with Gasteiger partial charge in [-0.1, -0.05) is 105 Å². The fourth-order valence-corrected chi connectivity index (χ4v) is 7.51. The lowest BCUT2D eigenvalue weighted by atomic mass is 9.55. The average Bonchev–Trinajstić information content (AvgIpc) is 3.30. The molecule has 216 valence electrons. The number of imide groups is 1. The number of amides is 3. The first-order valence-corrected chi connectivity index (χ1v) is 15.0. The predicted molar refractivity (Wildman–Crippen MR) is 162 cm³/mol. The molecule has 0 radical (unpaired) electrons. The molecule has 3 amide bonds. The average molecular weight is 573 g/mol. The Bertz CT molecular complexity index is 1660. The van der Waals surface area contributed by atoms with Crippen molar-refractivity contribution in [2.24, 2.45) is 11.8 Å². The van der Waals surface area contributed by atoms with Crippen LogP contribution in [0.4, 0.5) is 5.69 Å². The summed E-state index contributed by atoms with van der Waals surface area (Å²) in [5.74, 6) is -3.53. The fourth-order valence-electron chi connectivity index (χ4n) is 7.51. The molecule has 7 nitrogen and oxygen atoms in total. The van der Waals surface area contributed by atoms with E-state index in [0.29, 0.717) is 12.1 Å². The quantitative estimate of drug-likeness (QED) is 0.214. The smallest absolute Gasteiger partial charge is 0.329 e. The van der Waals surface area contributed by atoms with E-state index in [2.05, 4.69) is 29.6 Å². The van der Waals surface area contributed by atoms with Crippen molar-refractivity contribution in [1.29, 1.82) is 0 Å². The topological polar surface area (TPSA) is 92.8 Å². The molecule has 3 aliphatic carbocycles. The summed E-state index contributed by atoms with van der Waals surface area (Å²) in [6.07, 6.45) is 1.69. The van der Waals surface area contributed by atoms with E-state index in [9.17, 15) is 19.2 Å². The normalized spacial score (nSPS) is 22.1. The SMILES string of the molecule is CCCC[C@@H](C(=O)OCC(=O)Nc1cccc2ccccc12)N1C(=O)[C@@H]2C3c4ccccc4C(c4ccccc43)[C@@H]2C1=O. The number of hydrogen-bond donors (Lipinski definition) is 1. The van der Waals surface area contributed by atoms with Crippen molar-refractivity contribution in [1.82, 2.24) is 4.90 Å². The lowest BCUT2D eigenvalue weighted by molar-refractivity contribution is -0.160. The highest BCUT2D eigenvalue weighted by atomic mass is 16.5. The van der Waals surface area contributed by atoms with Crippen LogP contribution in [0.2, 0.25) is 0 Å². The van der Waals surface area contributed by atoms with Crippen LogP contribution in [0.5, 0.6) is 0 Å².